The van der Waals surface area contributed by atoms with Crippen LogP contribution in [0.5, 0.6) is 0 Å². The van der Waals surface area contributed by atoms with Crippen LogP contribution in [0.4, 0.5) is 26.2 Å². The highest BCUT2D eigenvalue weighted by Crippen LogP contribution is 2.28. The van der Waals surface area contributed by atoms with Crippen LogP contribution < -0.4 is 10.6 Å². The van der Waals surface area contributed by atoms with Crippen molar-refractivity contribution in [1.29, 1.82) is 0 Å². The van der Waals surface area contributed by atoms with Gasteiger partial charge < -0.3 is 10.6 Å². The van der Waals surface area contributed by atoms with Crippen molar-refractivity contribution in [3.8, 4) is 0 Å². The zero-order valence-electron chi connectivity index (χ0n) is 9.64. The number of benzene rings is 1. The number of hydrogen-bond donors (Lipinski definition) is 2. The zero-order chi connectivity index (χ0) is 14.0. The maximum atomic E-state index is 13.7. The van der Waals surface area contributed by atoms with Gasteiger partial charge in [-0.2, -0.15) is 4.98 Å². The van der Waals surface area contributed by atoms with Crippen molar-refractivity contribution >= 4 is 45.0 Å². The van der Waals surface area contributed by atoms with Crippen LogP contribution in [0, 0.1) is 11.6 Å². The van der Waals surface area contributed by atoms with E-state index < -0.39 is 11.6 Å². The zero-order valence-corrected chi connectivity index (χ0v) is 12.0. The molecule has 0 amide bonds. The molecule has 2 rings (SSSR count). The number of halogens is 4. The molecule has 0 radical (unpaired) electrons. The highest BCUT2D eigenvalue weighted by molar-refractivity contribution is 9.10. The number of rotatable bonds is 3. The molecule has 0 atom stereocenters. The smallest absolute Gasteiger partial charge is 0.224 e. The minimum absolute atomic E-state index is 0.0419. The summed E-state index contributed by atoms with van der Waals surface area (Å²) in [6.45, 7) is 0. The van der Waals surface area contributed by atoms with Crippen molar-refractivity contribution < 1.29 is 8.78 Å². The Labute approximate surface area is 121 Å². The Morgan fingerprint density at radius 2 is 2.00 bits per heavy atom. The van der Waals surface area contributed by atoms with Gasteiger partial charge in [-0.1, -0.05) is 11.6 Å². The summed E-state index contributed by atoms with van der Waals surface area (Å²) in [4.78, 5) is 7.90. The normalized spacial score (nSPS) is 10.4. The number of anilines is 3. The van der Waals surface area contributed by atoms with Crippen molar-refractivity contribution in [3.63, 3.8) is 0 Å². The van der Waals surface area contributed by atoms with Gasteiger partial charge in [-0.25, -0.2) is 13.8 Å². The molecule has 4 nitrogen and oxygen atoms in total. The van der Waals surface area contributed by atoms with Crippen LogP contribution in [0.15, 0.2) is 22.8 Å². The number of hydrogen-bond acceptors (Lipinski definition) is 4. The quantitative estimate of drug-likeness (QED) is 0.824. The van der Waals surface area contributed by atoms with Gasteiger partial charge in [0.15, 0.2) is 5.82 Å². The third kappa shape index (κ3) is 3.10. The summed E-state index contributed by atoms with van der Waals surface area (Å²) >= 11 is 8.78. The topological polar surface area (TPSA) is 49.8 Å². The summed E-state index contributed by atoms with van der Waals surface area (Å²) in [7, 11) is 1.63. The van der Waals surface area contributed by atoms with Gasteiger partial charge in [-0.15, -0.1) is 0 Å². The SMILES string of the molecule is CNc1ncc(Cl)c(Nc2cc(F)c(Br)cc2F)n1. The third-order valence-electron chi connectivity index (χ3n) is 2.23. The fourth-order valence-electron chi connectivity index (χ4n) is 1.32. The molecule has 0 aliphatic carbocycles. The second kappa shape index (κ2) is 5.66. The molecule has 8 heteroatoms. The molecule has 0 bridgehead atoms. The monoisotopic (exact) mass is 348 g/mol. The molecule has 1 aromatic heterocycles. The molecule has 2 N–H and O–H groups in total. The highest BCUT2D eigenvalue weighted by atomic mass is 79.9. The Hall–Kier alpha value is -1.47. The molecule has 1 heterocycles. The van der Waals surface area contributed by atoms with Crippen LogP contribution in [0.25, 0.3) is 0 Å². The predicted octanol–water partition coefficient (Wildman–Crippen LogP) is 3.96. The lowest BCUT2D eigenvalue weighted by Crippen LogP contribution is -2.02. The molecule has 0 aliphatic heterocycles. The standard InChI is InChI=1S/C11H8BrClF2N4/c1-16-11-17-4-6(13)10(19-11)18-9-3-7(14)5(12)2-8(9)15/h2-4H,1H3,(H2,16,17,18,19). The van der Waals surface area contributed by atoms with Gasteiger partial charge in [-0.05, 0) is 22.0 Å². The molecule has 0 saturated heterocycles. The number of nitrogens with zero attached hydrogens (tertiary/aromatic N) is 2. The van der Waals surface area contributed by atoms with Crippen molar-refractivity contribution in [2.24, 2.45) is 0 Å². The molecule has 0 fully saturated rings. The van der Waals surface area contributed by atoms with Crippen LogP contribution >= 0.6 is 27.5 Å². The average Bonchev–Trinajstić information content (AvgIpc) is 2.38. The molecule has 2 aromatic rings. The van der Waals surface area contributed by atoms with E-state index in [-0.39, 0.29) is 21.0 Å². The van der Waals surface area contributed by atoms with Crippen LogP contribution in [0.3, 0.4) is 0 Å². The largest absolute Gasteiger partial charge is 0.357 e. The van der Waals surface area contributed by atoms with Crippen LogP contribution in [0.1, 0.15) is 0 Å². The lowest BCUT2D eigenvalue weighted by Gasteiger charge is -2.10. The molecule has 19 heavy (non-hydrogen) atoms. The molecule has 0 spiro atoms. The Bertz CT molecular complexity index is 624. The molecule has 100 valence electrons. The minimum atomic E-state index is -0.631. The van der Waals surface area contributed by atoms with E-state index in [1.54, 1.807) is 7.05 Å². The lowest BCUT2D eigenvalue weighted by atomic mass is 10.3. The first-order chi connectivity index (χ1) is 9.01. The maximum Gasteiger partial charge on any atom is 0.224 e. The van der Waals surface area contributed by atoms with Gasteiger partial charge in [0.2, 0.25) is 5.95 Å². The Morgan fingerprint density at radius 1 is 1.26 bits per heavy atom. The first-order valence-electron chi connectivity index (χ1n) is 5.13. The molecule has 0 saturated carbocycles. The fraction of sp³-hybridized carbons (Fsp3) is 0.0909. The second-order valence-corrected chi connectivity index (χ2v) is 4.77. The first kappa shape index (κ1) is 14.0. The van der Waals surface area contributed by atoms with Crippen LogP contribution in [0.2, 0.25) is 5.02 Å². The molecule has 1 aromatic carbocycles. The first-order valence-corrected chi connectivity index (χ1v) is 6.30. The summed E-state index contributed by atoms with van der Waals surface area (Å²) in [6, 6.07) is 2.03. The van der Waals surface area contributed by atoms with Crippen molar-refractivity contribution in [2.75, 3.05) is 17.7 Å². The van der Waals surface area contributed by atoms with E-state index in [0.717, 1.165) is 12.1 Å². The summed E-state index contributed by atoms with van der Waals surface area (Å²) in [6.07, 6.45) is 1.36. The van der Waals surface area contributed by atoms with E-state index in [1.807, 2.05) is 0 Å². The highest BCUT2D eigenvalue weighted by Gasteiger charge is 2.11. The predicted molar refractivity (Wildman–Crippen MR) is 73.9 cm³/mol. The van der Waals surface area contributed by atoms with Gasteiger partial charge >= 0.3 is 0 Å². The summed E-state index contributed by atoms with van der Waals surface area (Å²) in [5.74, 6) is -0.733. The van der Waals surface area contributed by atoms with Gasteiger partial charge in [-0.3, -0.25) is 0 Å². The second-order valence-electron chi connectivity index (χ2n) is 3.51. The Kier molecular flexibility index (Phi) is 4.16. The molecule has 0 unspecified atom stereocenters. The lowest BCUT2D eigenvalue weighted by molar-refractivity contribution is 0.597. The van der Waals surface area contributed by atoms with E-state index in [4.69, 9.17) is 11.6 Å². The van der Waals surface area contributed by atoms with Gasteiger partial charge in [0.1, 0.15) is 16.7 Å². The fourth-order valence-corrected chi connectivity index (χ4v) is 1.77. The van der Waals surface area contributed by atoms with Crippen molar-refractivity contribution in [2.45, 2.75) is 0 Å². The van der Waals surface area contributed by atoms with E-state index in [0.29, 0.717) is 5.95 Å². The molecular weight excluding hydrogens is 342 g/mol. The Morgan fingerprint density at radius 3 is 2.68 bits per heavy atom. The van der Waals surface area contributed by atoms with Crippen molar-refractivity contribution in [3.05, 3.63) is 39.5 Å². The maximum absolute atomic E-state index is 13.7. The summed E-state index contributed by atoms with van der Waals surface area (Å²) < 4.78 is 27.1. The van der Waals surface area contributed by atoms with E-state index in [9.17, 15) is 8.78 Å². The van der Waals surface area contributed by atoms with Crippen molar-refractivity contribution in [1.82, 2.24) is 9.97 Å². The van der Waals surface area contributed by atoms with Gasteiger partial charge in [0.25, 0.3) is 0 Å². The number of aromatic nitrogens is 2. The minimum Gasteiger partial charge on any atom is -0.357 e. The number of nitrogens with one attached hydrogen (secondary N) is 2. The molecule has 0 aliphatic rings. The Balaban J connectivity index is 2.38. The average molecular weight is 350 g/mol. The summed E-state index contributed by atoms with van der Waals surface area (Å²) in [5, 5.41) is 5.54. The van der Waals surface area contributed by atoms with E-state index in [1.165, 1.54) is 6.20 Å². The summed E-state index contributed by atoms with van der Waals surface area (Å²) in [5.41, 5.74) is -0.0663. The van der Waals surface area contributed by atoms with Crippen LogP contribution in [-0.2, 0) is 0 Å². The van der Waals surface area contributed by atoms with Crippen LogP contribution in [-0.4, -0.2) is 17.0 Å². The van der Waals surface area contributed by atoms with Gasteiger partial charge in [0, 0.05) is 13.1 Å². The van der Waals surface area contributed by atoms with Gasteiger partial charge in [0.05, 0.1) is 16.4 Å². The third-order valence-corrected chi connectivity index (χ3v) is 3.12. The van der Waals surface area contributed by atoms with E-state index in [2.05, 4.69) is 36.5 Å². The van der Waals surface area contributed by atoms with E-state index >= 15 is 0 Å². The molecular formula is C11H8BrClF2N4.